The highest BCUT2D eigenvalue weighted by molar-refractivity contribution is 5.86. The molecule has 7 rings (SSSR count). The van der Waals surface area contributed by atoms with Gasteiger partial charge in [-0.2, -0.15) is 0 Å². The highest BCUT2D eigenvalue weighted by Crippen LogP contribution is 2.36. The molecule has 642 valence electrons. The van der Waals surface area contributed by atoms with Crippen LogP contribution in [0, 0.1) is 70.5 Å². The Morgan fingerprint density at radius 1 is 0.364 bits per heavy atom. The molecule has 7 aliphatic rings. The largest absolute Gasteiger partial charge is 0.382 e. The van der Waals surface area contributed by atoms with Crippen molar-refractivity contribution < 1.29 is 48.9 Å². The average molecular weight is 1530 g/mol. The Hall–Kier alpha value is -3.43. The van der Waals surface area contributed by atoms with E-state index >= 15 is 0 Å². The van der Waals surface area contributed by atoms with Crippen molar-refractivity contribution in [3.8, 4) is 0 Å². The van der Waals surface area contributed by atoms with E-state index in [-0.39, 0.29) is 69.9 Å². The van der Waals surface area contributed by atoms with E-state index in [0.717, 1.165) is 146 Å². The molecule has 0 aromatic rings. The van der Waals surface area contributed by atoms with Crippen LogP contribution in [0.2, 0.25) is 0 Å². The van der Waals surface area contributed by atoms with Gasteiger partial charge in [0.25, 0.3) is 5.91 Å². The van der Waals surface area contributed by atoms with Crippen LogP contribution in [0.1, 0.15) is 434 Å². The first-order valence-electron chi connectivity index (χ1n) is 44.9. The van der Waals surface area contributed by atoms with Crippen LogP contribution >= 0.6 is 0 Å². The number of nitrogens with one attached hydrogen (secondary N) is 5. The fraction of sp³-hybridized carbons (Fsp3) is 0.924. The molecular formula is C92H189N5O10. The lowest BCUT2D eigenvalue weighted by molar-refractivity contribution is -0.144. The van der Waals surface area contributed by atoms with E-state index in [9.17, 15) is 48.9 Å². The first kappa shape index (κ1) is 117. The first-order chi connectivity index (χ1) is 50.2. The second kappa shape index (κ2) is 68.2. The third-order valence-electron chi connectivity index (χ3n) is 21.7. The molecule has 15 nitrogen and oxygen atoms in total. The Labute approximate surface area is 665 Å². The zero-order valence-electron chi connectivity index (χ0n) is 77.5. The Morgan fingerprint density at radius 2 is 0.617 bits per heavy atom. The monoisotopic (exact) mass is 1520 g/mol. The standard InChI is InChI=1S/2C13H25NO.C12H23NO.C11H21NO2.C11H21NO.2C9H16O2.7C2H6/c1-10-5-7-11(8-6-10)12(15)14-9-13(2,3)4;1-5-13(3,4)14-12(15)11-8-6-10(2)7-9-11;1-4-10(3)13-12(14)11-7-5-9(2)6-8-11;1-8(2)12-10(13)11(14)6-4-9(3)5-7-11;1-3-8-12-11(13)10-6-4-9(2)5-7-10;2*1-7-3-5-9(11,6-4-7)8(2)10;7*1-2/h2*10-11H,5-9H2,1-4H3,(H,14,15);9-11H,4-8H2,1-3H3,(H,13,14);8-9,14H,4-7H2,1-3H3,(H,12,13);9-10H,3-8H2,1-2H3,(H,12,13);2*7,11H,3-6H2,1-2H3;7*1-2H3/t;;9?,10-,11?;;;;;;;;;;;/m..1.........../s1. The number of hydrogen-bond acceptors (Lipinski definition) is 10. The number of ketones is 2. The molecule has 0 aromatic heterocycles. The van der Waals surface area contributed by atoms with Crippen LogP contribution in [-0.4, -0.2) is 104 Å². The highest BCUT2D eigenvalue weighted by atomic mass is 16.3. The Bertz CT molecular complexity index is 2080. The van der Waals surface area contributed by atoms with E-state index in [4.69, 9.17) is 0 Å². The fourth-order valence-corrected chi connectivity index (χ4v) is 13.0. The van der Waals surface area contributed by atoms with Crippen molar-refractivity contribution in [2.24, 2.45) is 70.5 Å². The maximum atomic E-state index is 12.0. The van der Waals surface area contributed by atoms with E-state index in [1.807, 2.05) is 111 Å². The molecule has 8 N–H and O–H groups in total. The minimum Gasteiger partial charge on any atom is -0.382 e. The van der Waals surface area contributed by atoms with Gasteiger partial charge in [-0.05, 0) is 294 Å². The van der Waals surface area contributed by atoms with Crippen molar-refractivity contribution in [3.63, 3.8) is 0 Å². The van der Waals surface area contributed by atoms with Crippen LogP contribution in [0.25, 0.3) is 0 Å². The summed E-state index contributed by atoms with van der Waals surface area (Å²) in [6.45, 7) is 71.0. The minimum absolute atomic E-state index is 0.0415. The van der Waals surface area contributed by atoms with Gasteiger partial charge in [-0.25, -0.2) is 0 Å². The summed E-state index contributed by atoms with van der Waals surface area (Å²) in [5, 5.41) is 44.6. The SMILES string of the molecule is CC.CC.CC.CC.CC.CC.CC.CC(=O)C1(O)CCC(C)CC1.CC(=O)C1(O)CCC(C)CC1.CC1CCC(C(=O)NCC(C)(C)C)CC1.CC1CCC(O)(C(=O)NC(C)C)CC1.CCC(C)(C)NC(=O)C1CCC(C)CC1.CCCNC(=O)C1CCC(C)CC1.CC[C@@H](C)NC(=O)C1CCC(C)CC1. The normalized spacial score (nSPS) is 27.7. The van der Waals surface area contributed by atoms with Gasteiger partial charge in [0.15, 0.2) is 11.6 Å². The van der Waals surface area contributed by atoms with Crippen LogP contribution in [0.3, 0.4) is 0 Å². The van der Waals surface area contributed by atoms with E-state index in [1.54, 1.807) is 0 Å². The summed E-state index contributed by atoms with van der Waals surface area (Å²) in [5.41, 5.74) is -2.91. The molecule has 7 saturated carbocycles. The number of hydrogen-bond donors (Lipinski definition) is 8. The predicted octanol–water partition coefficient (Wildman–Crippen LogP) is 22.8. The molecule has 107 heavy (non-hydrogen) atoms. The molecule has 0 radical (unpaired) electrons. The summed E-state index contributed by atoms with van der Waals surface area (Å²) < 4.78 is 0. The number of Topliss-reactive ketones (excluding diaryl/α,β-unsaturated/α-hetero) is 2. The summed E-state index contributed by atoms with van der Waals surface area (Å²) in [5.74, 6) is 7.21. The maximum absolute atomic E-state index is 12.0. The van der Waals surface area contributed by atoms with Crippen molar-refractivity contribution >= 4 is 41.1 Å². The van der Waals surface area contributed by atoms with E-state index in [2.05, 4.69) is 137 Å². The molecule has 0 saturated heterocycles. The number of carbonyl (C=O) groups excluding carboxylic acids is 7. The quantitative estimate of drug-likeness (QED) is 0.0771. The van der Waals surface area contributed by atoms with Crippen LogP contribution in [-0.2, 0) is 33.6 Å². The van der Waals surface area contributed by atoms with Crippen molar-refractivity contribution in [1.82, 2.24) is 26.6 Å². The predicted molar refractivity (Wildman–Crippen MR) is 462 cm³/mol. The maximum Gasteiger partial charge on any atom is 0.252 e. The summed E-state index contributed by atoms with van der Waals surface area (Å²) >= 11 is 0. The Morgan fingerprint density at radius 3 is 0.860 bits per heavy atom. The lowest BCUT2D eigenvalue weighted by Gasteiger charge is -2.34. The molecule has 0 bridgehead atoms. The lowest BCUT2D eigenvalue weighted by atomic mass is 9.78. The third-order valence-corrected chi connectivity index (χ3v) is 21.7. The second-order valence-electron chi connectivity index (χ2n) is 33.3. The summed E-state index contributed by atoms with van der Waals surface area (Å²) in [6, 6.07) is 0.438. The molecule has 0 unspecified atom stereocenters. The van der Waals surface area contributed by atoms with E-state index in [1.165, 1.54) is 65.2 Å². The van der Waals surface area contributed by atoms with Crippen LogP contribution in [0.5, 0.6) is 0 Å². The summed E-state index contributed by atoms with van der Waals surface area (Å²) in [6.07, 6.45) is 31.1. The summed E-state index contributed by atoms with van der Waals surface area (Å²) in [4.78, 5) is 80.8. The van der Waals surface area contributed by atoms with Gasteiger partial charge in [-0.15, -0.1) is 0 Å². The fourth-order valence-electron chi connectivity index (χ4n) is 13.0. The van der Waals surface area contributed by atoms with Gasteiger partial charge in [-0.3, -0.25) is 33.6 Å². The summed E-state index contributed by atoms with van der Waals surface area (Å²) in [7, 11) is 0. The molecule has 0 heterocycles. The molecule has 0 aromatic carbocycles. The minimum atomic E-state index is -1.10. The smallest absolute Gasteiger partial charge is 0.252 e. The van der Waals surface area contributed by atoms with Crippen LogP contribution in [0.15, 0.2) is 0 Å². The molecule has 1 atom stereocenters. The third kappa shape index (κ3) is 57.3. The lowest BCUT2D eigenvalue weighted by Crippen LogP contribution is -2.50. The topological polar surface area (TPSA) is 240 Å². The van der Waals surface area contributed by atoms with Crippen LogP contribution < -0.4 is 26.6 Å². The van der Waals surface area contributed by atoms with Gasteiger partial charge in [0, 0.05) is 54.4 Å². The van der Waals surface area contributed by atoms with Gasteiger partial charge in [0.2, 0.25) is 23.6 Å². The Balaban J connectivity index is -0.000000212. The molecule has 7 aliphatic carbocycles. The molecular weight excluding hydrogens is 1340 g/mol. The molecule has 0 spiro atoms. The van der Waals surface area contributed by atoms with Gasteiger partial charge >= 0.3 is 0 Å². The first-order valence-corrected chi connectivity index (χ1v) is 44.9. The zero-order chi connectivity index (χ0) is 84.9. The van der Waals surface area contributed by atoms with Crippen molar-refractivity contribution in [3.05, 3.63) is 0 Å². The molecule has 5 amide bonds. The van der Waals surface area contributed by atoms with E-state index in [0.29, 0.717) is 74.2 Å². The van der Waals surface area contributed by atoms with Crippen molar-refractivity contribution in [2.45, 2.75) is 469 Å². The molecule has 0 aliphatic heterocycles. The van der Waals surface area contributed by atoms with Gasteiger partial charge < -0.3 is 41.9 Å². The van der Waals surface area contributed by atoms with Gasteiger partial charge in [0.1, 0.15) is 16.8 Å². The van der Waals surface area contributed by atoms with Gasteiger partial charge in [0.05, 0.1) is 0 Å². The number of amides is 5. The van der Waals surface area contributed by atoms with Crippen LogP contribution in [0.4, 0.5) is 0 Å². The van der Waals surface area contributed by atoms with Crippen molar-refractivity contribution in [2.75, 3.05) is 13.1 Å². The Kier molecular flexibility index (Phi) is 74.5. The second-order valence-corrected chi connectivity index (χ2v) is 33.3. The van der Waals surface area contributed by atoms with Gasteiger partial charge in [-0.1, -0.05) is 187 Å². The number of aliphatic hydroxyl groups is 3. The molecule has 15 heteroatoms. The van der Waals surface area contributed by atoms with E-state index < -0.39 is 16.8 Å². The zero-order valence-corrected chi connectivity index (χ0v) is 77.5. The molecule has 7 fully saturated rings. The highest BCUT2D eigenvalue weighted by Gasteiger charge is 2.40. The number of carbonyl (C=O) groups is 7. The van der Waals surface area contributed by atoms with Crippen molar-refractivity contribution in [1.29, 1.82) is 0 Å². The number of rotatable bonds is 15. The average Bonchev–Trinajstić information content (AvgIpc) is 0.849.